The van der Waals surface area contributed by atoms with Gasteiger partial charge in [-0.15, -0.1) is 0 Å². The van der Waals surface area contributed by atoms with Crippen molar-refractivity contribution in [2.45, 2.75) is 32.9 Å². The average molecular weight is 493 g/mol. The fourth-order valence-corrected chi connectivity index (χ4v) is 4.19. The lowest BCUT2D eigenvalue weighted by Crippen LogP contribution is -2.41. The highest BCUT2D eigenvalue weighted by Gasteiger charge is 2.23. The van der Waals surface area contributed by atoms with Crippen molar-refractivity contribution in [2.24, 2.45) is 10.7 Å². The third-order valence-corrected chi connectivity index (χ3v) is 6.35. The molecular weight excluding hydrogens is 456 g/mol. The van der Waals surface area contributed by atoms with E-state index < -0.39 is 0 Å². The van der Waals surface area contributed by atoms with Crippen molar-refractivity contribution in [3.63, 3.8) is 0 Å². The predicted octanol–water partition coefficient (Wildman–Crippen LogP) is 2.74. The number of nitrogens with one attached hydrogen (secondary N) is 2. The number of hydrogen-bond acceptors (Lipinski definition) is 7. The van der Waals surface area contributed by atoms with Crippen LogP contribution < -0.4 is 16.4 Å². The monoisotopic (exact) mass is 492 g/mol. The average Bonchev–Trinajstić information content (AvgIpc) is 2.84. The summed E-state index contributed by atoms with van der Waals surface area (Å²) in [5.41, 5.74) is 11.2. The van der Waals surface area contributed by atoms with Crippen molar-refractivity contribution in [3.05, 3.63) is 65.0 Å². The highest BCUT2D eigenvalue weighted by atomic mass is 16.5. The summed E-state index contributed by atoms with van der Waals surface area (Å²) >= 11 is 0. The molecule has 9 heteroatoms. The number of carbonyl (C=O) groups is 1. The summed E-state index contributed by atoms with van der Waals surface area (Å²) in [6, 6.07) is 9.31. The van der Waals surface area contributed by atoms with E-state index in [1.165, 1.54) is 0 Å². The highest BCUT2D eigenvalue weighted by molar-refractivity contribution is 6.05. The molecule has 3 heterocycles. The number of nitrogens with two attached hydrogens (primary N) is 1. The summed E-state index contributed by atoms with van der Waals surface area (Å²) in [7, 11) is 0. The summed E-state index contributed by atoms with van der Waals surface area (Å²) in [5.74, 6) is 0.889. The number of aryl methyl sites for hydroxylation is 1. The number of anilines is 1. The third-order valence-electron chi connectivity index (χ3n) is 6.35. The van der Waals surface area contributed by atoms with E-state index in [1.54, 1.807) is 12.3 Å². The van der Waals surface area contributed by atoms with E-state index in [0.717, 1.165) is 42.3 Å². The third kappa shape index (κ3) is 6.48. The zero-order valence-electron chi connectivity index (χ0n) is 21.3. The normalized spacial score (nSPS) is 18.0. The molecule has 4 N–H and O–H groups in total. The Balaban J connectivity index is 1.55. The number of amidine groups is 1. The molecule has 1 atom stereocenters. The molecular formula is C27H36N6O3. The summed E-state index contributed by atoms with van der Waals surface area (Å²) in [4.78, 5) is 24.4. The van der Waals surface area contributed by atoms with E-state index in [0.29, 0.717) is 43.4 Å². The number of benzene rings is 1. The maximum Gasteiger partial charge on any atom is 0.255 e. The first-order chi connectivity index (χ1) is 17.4. The summed E-state index contributed by atoms with van der Waals surface area (Å²) in [5, 5.41) is 6.33. The Kier molecular flexibility index (Phi) is 8.69. The van der Waals surface area contributed by atoms with Gasteiger partial charge in [0.15, 0.2) is 0 Å². The van der Waals surface area contributed by atoms with Gasteiger partial charge in [-0.3, -0.25) is 15.1 Å². The Labute approximate surface area is 212 Å². The number of morpholine rings is 1. The second-order valence-corrected chi connectivity index (χ2v) is 9.11. The molecule has 0 aliphatic carbocycles. The molecule has 2 aliphatic rings. The Morgan fingerprint density at radius 3 is 2.72 bits per heavy atom. The van der Waals surface area contributed by atoms with E-state index in [-0.39, 0.29) is 18.0 Å². The van der Waals surface area contributed by atoms with Gasteiger partial charge in [0.25, 0.3) is 5.91 Å². The second-order valence-electron chi connectivity index (χ2n) is 9.11. The Bertz CT molecular complexity index is 1120. The van der Waals surface area contributed by atoms with Crippen molar-refractivity contribution in [3.8, 4) is 0 Å². The van der Waals surface area contributed by atoms with Gasteiger partial charge in [0, 0.05) is 59.5 Å². The molecule has 1 amide bonds. The second kappa shape index (κ2) is 12.1. The molecule has 2 aromatic rings. The van der Waals surface area contributed by atoms with Gasteiger partial charge in [0.1, 0.15) is 5.84 Å². The Morgan fingerprint density at radius 1 is 1.25 bits per heavy atom. The topological polar surface area (TPSA) is 114 Å². The fraction of sp³-hybridized carbons (Fsp3) is 0.444. The standard InChI is InChI=1S/C27H36N6O3/c1-4-29-19(3)31-26(33-9-11-35-12-10-33)15-24(28)23-14-22(6-5-18(23)2)32-27(34)20-7-8-30-25(13-20)21-16-36-17-21/h5-8,13-15,19,21,29H,4,9-12,16-17,28H2,1-3H3,(H,32,34)/b24-15-,31-26?. The summed E-state index contributed by atoms with van der Waals surface area (Å²) < 4.78 is 10.8. The minimum absolute atomic E-state index is 0.0413. The van der Waals surface area contributed by atoms with Crippen LogP contribution in [0, 0.1) is 6.92 Å². The van der Waals surface area contributed by atoms with Crippen LogP contribution in [-0.4, -0.2) is 73.9 Å². The predicted molar refractivity (Wildman–Crippen MR) is 142 cm³/mol. The molecule has 2 saturated heterocycles. The van der Waals surface area contributed by atoms with E-state index in [2.05, 4.69) is 27.4 Å². The van der Waals surface area contributed by atoms with Crippen LogP contribution in [0.5, 0.6) is 0 Å². The van der Waals surface area contributed by atoms with Crippen LogP contribution >= 0.6 is 0 Å². The van der Waals surface area contributed by atoms with Crippen LogP contribution in [0.15, 0.2) is 47.6 Å². The molecule has 0 bridgehead atoms. The first-order valence-electron chi connectivity index (χ1n) is 12.5. The number of pyridine rings is 1. The van der Waals surface area contributed by atoms with Gasteiger partial charge in [0.2, 0.25) is 0 Å². The minimum atomic E-state index is -0.189. The van der Waals surface area contributed by atoms with Crippen LogP contribution in [0.2, 0.25) is 0 Å². The van der Waals surface area contributed by atoms with Crippen LogP contribution in [0.25, 0.3) is 5.70 Å². The molecule has 9 nitrogen and oxygen atoms in total. The first-order valence-corrected chi connectivity index (χ1v) is 12.5. The van der Waals surface area contributed by atoms with Crippen molar-refractivity contribution >= 4 is 23.1 Å². The number of aliphatic imine (C=N–C) groups is 1. The number of aromatic nitrogens is 1. The summed E-state index contributed by atoms with van der Waals surface area (Å²) in [6.07, 6.45) is 3.55. The van der Waals surface area contributed by atoms with Gasteiger partial charge < -0.3 is 25.4 Å². The van der Waals surface area contributed by atoms with E-state index in [9.17, 15) is 4.79 Å². The smallest absolute Gasteiger partial charge is 0.255 e. The van der Waals surface area contributed by atoms with E-state index in [1.807, 2.05) is 44.2 Å². The highest BCUT2D eigenvalue weighted by Crippen LogP contribution is 2.24. The molecule has 192 valence electrons. The molecule has 4 rings (SSSR count). The number of hydrogen-bond donors (Lipinski definition) is 3. The minimum Gasteiger partial charge on any atom is -0.398 e. The largest absolute Gasteiger partial charge is 0.398 e. The van der Waals surface area contributed by atoms with Crippen molar-refractivity contribution in [2.75, 3.05) is 51.4 Å². The van der Waals surface area contributed by atoms with Crippen molar-refractivity contribution < 1.29 is 14.3 Å². The molecule has 0 radical (unpaired) electrons. The molecule has 1 aromatic heterocycles. The maximum atomic E-state index is 13.0. The lowest BCUT2D eigenvalue weighted by molar-refractivity contribution is 0.00668. The van der Waals surface area contributed by atoms with Crippen LogP contribution in [-0.2, 0) is 9.47 Å². The number of ether oxygens (including phenoxy) is 2. The van der Waals surface area contributed by atoms with E-state index >= 15 is 0 Å². The van der Waals surface area contributed by atoms with Crippen molar-refractivity contribution in [1.29, 1.82) is 0 Å². The molecule has 0 saturated carbocycles. The molecule has 0 spiro atoms. The van der Waals surface area contributed by atoms with Gasteiger partial charge in [-0.25, -0.2) is 4.99 Å². The van der Waals surface area contributed by atoms with E-state index in [4.69, 9.17) is 20.2 Å². The zero-order valence-corrected chi connectivity index (χ0v) is 21.3. The quantitative estimate of drug-likeness (QED) is 0.383. The van der Waals surface area contributed by atoms with Gasteiger partial charge in [-0.1, -0.05) is 13.0 Å². The molecule has 2 fully saturated rings. The van der Waals surface area contributed by atoms with Crippen molar-refractivity contribution in [1.82, 2.24) is 15.2 Å². The van der Waals surface area contributed by atoms with Crippen LogP contribution in [0.3, 0.4) is 0 Å². The molecule has 1 unspecified atom stereocenters. The number of nitrogens with zero attached hydrogens (tertiary/aromatic N) is 3. The zero-order chi connectivity index (χ0) is 25.5. The Hall–Kier alpha value is -3.27. The SMILES string of the molecule is CCNC(C)N=C(/C=C(\N)c1cc(NC(=O)c2ccnc(C3COC3)c2)ccc1C)N1CCOCC1. The molecule has 36 heavy (non-hydrogen) atoms. The lowest BCUT2D eigenvalue weighted by atomic mass is 10.0. The number of rotatable bonds is 8. The Morgan fingerprint density at radius 2 is 2.03 bits per heavy atom. The first kappa shape index (κ1) is 25.8. The number of amides is 1. The van der Waals surface area contributed by atoms with Gasteiger partial charge in [0.05, 0.1) is 32.6 Å². The summed E-state index contributed by atoms with van der Waals surface area (Å²) in [6.45, 7) is 11.1. The number of carbonyl (C=O) groups excluding carboxylic acids is 1. The lowest BCUT2D eigenvalue weighted by Gasteiger charge is -2.29. The van der Waals surface area contributed by atoms with Gasteiger partial charge in [-0.2, -0.15) is 0 Å². The van der Waals surface area contributed by atoms with Gasteiger partial charge >= 0.3 is 0 Å². The van der Waals surface area contributed by atoms with Crippen LogP contribution in [0.4, 0.5) is 5.69 Å². The molecule has 1 aromatic carbocycles. The fourth-order valence-electron chi connectivity index (χ4n) is 4.19. The van der Waals surface area contributed by atoms with Crippen LogP contribution in [0.1, 0.15) is 46.9 Å². The van der Waals surface area contributed by atoms with Gasteiger partial charge in [-0.05, 0) is 50.2 Å². The molecule has 2 aliphatic heterocycles. The maximum absolute atomic E-state index is 13.0.